The SMILES string of the molecule is CC(=O)N(C)[C@@H](Cc1ccccc1)C(=O)N[C@@H](CO)C(=O)N[C@@H](CC(C)C)C(=O)NCC(=O)O. The van der Waals surface area contributed by atoms with E-state index in [0.29, 0.717) is 0 Å². The van der Waals surface area contributed by atoms with Crippen LogP contribution < -0.4 is 16.0 Å². The Kier molecular flexibility index (Phi) is 11.7. The lowest BCUT2D eigenvalue weighted by molar-refractivity contribution is -0.139. The normalized spacial score (nSPS) is 13.4. The molecule has 0 saturated carbocycles. The maximum Gasteiger partial charge on any atom is 0.322 e. The summed E-state index contributed by atoms with van der Waals surface area (Å²) in [5.41, 5.74) is 0.799. The van der Waals surface area contributed by atoms with E-state index in [1.165, 1.54) is 18.9 Å². The van der Waals surface area contributed by atoms with Crippen LogP contribution in [0.15, 0.2) is 30.3 Å². The minimum Gasteiger partial charge on any atom is -0.480 e. The number of hydrogen-bond acceptors (Lipinski definition) is 6. The molecule has 0 aromatic heterocycles. The number of amides is 4. The lowest BCUT2D eigenvalue weighted by atomic mass is 10.0. The highest BCUT2D eigenvalue weighted by Crippen LogP contribution is 2.10. The van der Waals surface area contributed by atoms with E-state index in [1.54, 1.807) is 24.3 Å². The Morgan fingerprint density at radius 2 is 1.53 bits per heavy atom. The van der Waals surface area contributed by atoms with Crippen molar-refractivity contribution in [3.63, 3.8) is 0 Å². The summed E-state index contributed by atoms with van der Waals surface area (Å²) in [5, 5.41) is 25.6. The number of carbonyl (C=O) groups excluding carboxylic acids is 4. The first-order valence-corrected chi connectivity index (χ1v) is 10.9. The van der Waals surface area contributed by atoms with Gasteiger partial charge in [-0.25, -0.2) is 0 Å². The highest BCUT2D eigenvalue weighted by atomic mass is 16.4. The molecule has 11 heteroatoms. The summed E-state index contributed by atoms with van der Waals surface area (Å²) in [6, 6.07) is 5.64. The molecule has 1 aromatic rings. The summed E-state index contributed by atoms with van der Waals surface area (Å²) in [6.45, 7) is 3.60. The van der Waals surface area contributed by atoms with Crippen molar-refractivity contribution in [3.05, 3.63) is 35.9 Å². The van der Waals surface area contributed by atoms with Gasteiger partial charge in [0.1, 0.15) is 24.7 Å². The van der Waals surface area contributed by atoms with Gasteiger partial charge < -0.3 is 31.1 Å². The van der Waals surface area contributed by atoms with Crippen molar-refractivity contribution >= 4 is 29.6 Å². The topological polar surface area (TPSA) is 165 Å². The lowest BCUT2D eigenvalue weighted by Gasteiger charge is -2.29. The highest BCUT2D eigenvalue weighted by Gasteiger charge is 2.31. The summed E-state index contributed by atoms with van der Waals surface area (Å²) in [4.78, 5) is 62.0. The molecule has 0 spiro atoms. The Labute approximate surface area is 198 Å². The van der Waals surface area contributed by atoms with Gasteiger partial charge in [-0.2, -0.15) is 0 Å². The van der Waals surface area contributed by atoms with Crippen LogP contribution in [0.2, 0.25) is 0 Å². The van der Waals surface area contributed by atoms with E-state index in [2.05, 4.69) is 16.0 Å². The number of aliphatic carboxylic acids is 1. The van der Waals surface area contributed by atoms with Gasteiger partial charge in [-0.1, -0.05) is 44.2 Å². The van der Waals surface area contributed by atoms with E-state index in [0.717, 1.165) is 5.56 Å². The fraction of sp³-hybridized carbons (Fsp3) is 0.522. The third-order valence-electron chi connectivity index (χ3n) is 5.11. The molecule has 11 nitrogen and oxygen atoms in total. The van der Waals surface area contributed by atoms with Crippen LogP contribution in [0, 0.1) is 5.92 Å². The molecule has 5 N–H and O–H groups in total. The molecule has 3 atom stereocenters. The zero-order chi connectivity index (χ0) is 25.8. The van der Waals surface area contributed by atoms with Gasteiger partial charge in [0.05, 0.1) is 6.61 Å². The van der Waals surface area contributed by atoms with E-state index in [4.69, 9.17) is 5.11 Å². The van der Waals surface area contributed by atoms with Gasteiger partial charge >= 0.3 is 5.97 Å². The summed E-state index contributed by atoms with van der Waals surface area (Å²) in [6.07, 6.45) is 0.406. The number of carboxylic acid groups (broad SMARTS) is 1. The maximum atomic E-state index is 13.0. The number of carboxylic acids is 1. The summed E-state index contributed by atoms with van der Waals surface area (Å²) in [7, 11) is 1.47. The van der Waals surface area contributed by atoms with Crippen LogP contribution in [0.25, 0.3) is 0 Å². The lowest BCUT2D eigenvalue weighted by Crippen LogP contribution is -2.58. The predicted octanol–water partition coefficient (Wildman–Crippen LogP) is -0.715. The summed E-state index contributed by atoms with van der Waals surface area (Å²) in [5.74, 6) is -3.74. The Balaban J connectivity index is 2.96. The van der Waals surface area contributed by atoms with Crippen molar-refractivity contribution in [1.82, 2.24) is 20.9 Å². The number of aliphatic hydroxyl groups excluding tert-OH is 1. The summed E-state index contributed by atoms with van der Waals surface area (Å²) < 4.78 is 0. The predicted molar refractivity (Wildman–Crippen MR) is 123 cm³/mol. The van der Waals surface area contributed by atoms with E-state index in [-0.39, 0.29) is 24.7 Å². The fourth-order valence-electron chi connectivity index (χ4n) is 3.19. The fourth-order valence-corrected chi connectivity index (χ4v) is 3.19. The Hall–Kier alpha value is -3.47. The summed E-state index contributed by atoms with van der Waals surface area (Å²) >= 11 is 0. The first kappa shape index (κ1) is 28.6. The third-order valence-corrected chi connectivity index (χ3v) is 5.11. The highest BCUT2D eigenvalue weighted by molar-refractivity contribution is 5.94. The molecule has 0 bridgehead atoms. The zero-order valence-electron chi connectivity index (χ0n) is 19.9. The molecular weight excluding hydrogens is 444 g/mol. The number of nitrogens with one attached hydrogen (secondary N) is 3. The first-order chi connectivity index (χ1) is 16.0. The number of nitrogens with zero attached hydrogens (tertiary/aromatic N) is 1. The van der Waals surface area contributed by atoms with Crippen molar-refractivity contribution in [2.75, 3.05) is 20.2 Å². The quantitative estimate of drug-likeness (QED) is 0.250. The molecule has 0 heterocycles. The number of rotatable bonds is 13. The van der Waals surface area contributed by atoms with Crippen molar-refractivity contribution in [2.24, 2.45) is 5.92 Å². The van der Waals surface area contributed by atoms with Crippen molar-refractivity contribution in [1.29, 1.82) is 0 Å². The van der Waals surface area contributed by atoms with Crippen LogP contribution in [-0.2, 0) is 30.4 Å². The van der Waals surface area contributed by atoms with Crippen LogP contribution in [0.1, 0.15) is 32.8 Å². The van der Waals surface area contributed by atoms with Crippen molar-refractivity contribution < 1.29 is 34.2 Å². The largest absolute Gasteiger partial charge is 0.480 e. The molecule has 4 amide bonds. The van der Waals surface area contributed by atoms with Gasteiger partial charge in [-0.15, -0.1) is 0 Å². The molecule has 0 unspecified atom stereocenters. The Bertz CT molecular complexity index is 860. The number of hydrogen-bond donors (Lipinski definition) is 5. The van der Waals surface area contributed by atoms with Gasteiger partial charge in [-0.3, -0.25) is 24.0 Å². The monoisotopic (exact) mass is 478 g/mol. The third kappa shape index (κ3) is 9.57. The van der Waals surface area contributed by atoms with Gasteiger partial charge in [0.2, 0.25) is 23.6 Å². The minimum atomic E-state index is -1.38. The molecule has 188 valence electrons. The zero-order valence-corrected chi connectivity index (χ0v) is 19.9. The van der Waals surface area contributed by atoms with E-state index >= 15 is 0 Å². The number of aliphatic hydroxyl groups is 1. The minimum absolute atomic E-state index is 0.0116. The molecule has 0 saturated heterocycles. The molecule has 1 rings (SSSR count). The average Bonchev–Trinajstić information content (AvgIpc) is 2.78. The van der Waals surface area contributed by atoms with Crippen molar-refractivity contribution in [2.45, 2.75) is 51.7 Å². The van der Waals surface area contributed by atoms with Crippen LogP contribution >= 0.6 is 0 Å². The van der Waals surface area contributed by atoms with Gasteiger partial charge in [-0.05, 0) is 17.9 Å². The maximum absolute atomic E-state index is 13.0. The van der Waals surface area contributed by atoms with E-state index in [1.807, 2.05) is 19.9 Å². The molecule has 0 fully saturated rings. The van der Waals surface area contributed by atoms with Crippen LogP contribution in [-0.4, -0.2) is 83.0 Å². The second-order valence-electron chi connectivity index (χ2n) is 8.38. The van der Waals surface area contributed by atoms with Gasteiger partial charge in [0.25, 0.3) is 0 Å². The molecular formula is C23H34N4O7. The van der Waals surface area contributed by atoms with E-state index in [9.17, 15) is 29.1 Å². The van der Waals surface area contributed by atoms with Gasteiger partial charge in [0, 0.05) is 20.4 Å². The molecule has 0 aliphatic carbocycles. The van der Waals surface area contributed by atoms with Crippen LogP contribution in [0.4, 0.5) is 0 Å². The molecule has 0 radical (unpaired) electrons. The first-order valence-electron chi connectivity index (χ1n) is 10.9. The second kappa shape index (κ2) is 13.9. The molecule has 1 aromatic carbocycles. The van der Waals surface area contributed by atoms with Crippen molar-refractivity contribution in [3.8, 4) is 0 Å². The van der Waals surface area contributed by atoms with Gasteiger partial charge in [0.15, 0.2) is 0 Å². The molecule has 0 aliphatic rings. The number of likely N-dealkylation sites (N-methyl/N-ethyl adjacent to an activating group) is 1. The Morgan fingerprint density at radius 3 is 2.03 bits per heavy atom. The number of carbonyl (C=O) groups is 5. The molecule has 0 aliphatic heterocycles. The second-order valence-corrected chi connectivity index (χ2v) is 8.38. The smallest absolute Gasteiger partial charge is 0.322 e. The number of benzene rings is 1. The molecule has 34 heavy (non-hydrogen) atoms. The van der Waals surface area contributed by atoms with Crippen LogP contribution in [0.5, 0.6) is 0 Å². The average molecular weight is 479 g/mol. The van der Waals surface area contributed by atoms with E-state index < -0.39 is 55.0 Å². The van der Waals surface area contributed by atoms with Crippen LogP contribution in [0.3, 0.4) is 0 Å². The standard InChI is InChI=1S/C23H34N4O7/c1-14(2)10-17(21(32)24-12-20(30)31)25-22(33)18(13-28)26-23(34)19(27(4)15(3)29)11-16-8-6-5-7-9-16/h5-9,14,17-19,28H,10-13H2,1-4H3,(H,24,32)(H,25,33)(H,26,34)(H,30,31)/t17-,18-,19-/m0/s1. The Morgan fingerprint density at radius 1 is 0.941 bits per heavy atom.